The third-order valence-electron chi connectivity index (χ3n) is 4.59. The fourth-order valence-electron chi connectivity index (χ4n) is 3.19. The molecule has 1 atom stereocenters. The second-order valence-corrected chi connectivity index (χ2v) is 7.47. The molecule has 0 saturated carbocycles. The predicted octanol–water partition coefficient (Wildman–Crippen LogP) is 3.05. The number of aryl methyl sites for hydroxylation is 1. The molecule has 1 aliphatic rings. The van der Waals surface area contributed by atoms with Gasteiger partial charge in [-0.1, -0.05) is 30.4 Å². The summed E-state index contributed by atoms with van der Waals surface area (Å²) in [6, 6.07) is 8.29. The summed E-state index contributed by atoms with van der Waals surface area (Å²) in [6.07, 6.45) is 5.99. The number of nitrogens with one attached hydrogen (secondary N) is 1. The highest BCUT2D eigenvalue weighted by Crippen LogP contribution is 2.30. The summed E-state index contributed by atoms with van der Waals surface area (Å²) in [5.41, 5.74) is 1.55. The Kier molecular flexibility index (Phi) is 4.79. The van der Waals surface area contributed by atoms with E-state index in [0.717, 1.165) is 48.8 Å². The predicted molar refractivity (Wildman–Crippen MR) is 104 cm³/mol. The highest BCUT2D eigenvalue weighted by Gasteiger charge is 2.24. The summed E-state index contributed by atoms with van der Waals surface area (Å²) in [5, 5.41) is 4.15. The van der Waals surface area contributed by atoms with Gasteiger partial charge in [0.25, 0.3) is 5.91 Å². The van der Waals surface area contributed by atoms with E-state index in [2.05, 4.69) is 26.3 Å². The maximum atomic E-state index is 12.5. The van der Waals surface area contributed by atoms with E-state index in [9.17, 15) is 4.79 Å². The topological polar surface area (TPSA) is 71.0 Å². The average Bonchev–Trinajstić information content (AvgIpc) is 3.12. The monoisotopic (exact) mass is 367 g/mol. The summed E-state index contributed by atoms with van der Waals surface area (Å²) < 4.78 is 1.20. The van der Waals surface area contributed by atoms with Crippen LogP contribution in [0.3, 0.4) is 0 Å². The standard InChI is InChI=1S/C19H21N5OS/c1-2-17-20-10-13(11-21-17)18(25)22-14-6-5-9-24(12-14)19-23-15-7-3-4-8-16(15)26-19/h3-4,7-8,10-11,14H,2,5-6,9,12H2,1H3,(H,22,25). The lowest BCUT2D eigenvalue weighted by Gasteiger charge is -2.32. The molecule has 1 saturated heterocycles. The van der Waals surface area contributed by atoms with Crippen molar-refractivity contribution in [2.75, 3.05) is 18.0 Å². The van der Waals surface area contributed by atoms with Crippen LogP contribution in [0.25, 0.3) is 10.2 Å². The Morgan fingerprint density at radius 1 is 1.31 bits per heavy atom. The van der Waals surface area contributed by atoms with E-state index in [1.54, 1.807) is 23.7 Å². The maximum Gasteiger partial charge on any atom is 0.254 e. The summed E-state index contributed by atoms with van der Waals surface area (Å²) in [7, 11) is 0. The van der Waals surface area contributed by atoms with E-state index < -0.39 is 0 Å². The number of amides is 1. The number of carbonyl (C=O) groups excluding carboxylic acids is 1. The zero-order valence-electron chi connectivity index (χ0n) is 14.7. The Bertz CT molecular complexity index is 875. The van der Waals surface area contributed by atoms with Gasteiger partial charge in [-0.3, -0.25) is 4.79 Å². The van der Waals surface area contributed by atoms with Crippen molar-refractivity contribution < 1.29 is 4.79 Å². The lowest BCUT2D eigenvalue weighted by molar-refractivity contribution is 0.0932. The second-order valence-electron chi connectivity index (χ2n) is 6.46. The first-order valence-electron chi connectivity index (χ1n) is 8.95. The second kappa shape index (κ2) is 7.37. The first-order chi connectivity index (χ1) is 12.7. The molecule has 7 heteroatoms. The van der Waals surface area contributed by atoms with Gasteiger partial charge in [0.1, 0.15) is 5.82 Å². The normalized spacial score (nSPS) is 17.4. The number of piperidine rings is 1. The SMILES string of the molecule is CCc1ncc(C(=O)NC2CCCN(c3nc4ccccc4s3)C2)cn1. The smallest absolute Gasteiger partial charge is 0.254 e. The number of carbonyl (C=O) groups is 1. The van der Waals surface area contributed by atoms with Crippen LogP contribution < -0.4 is 10.2 Å². The zero-order chi connectivity index (χ0) is 17.9. The fraction of sp³-hybridized carbons (Fsp3) is 0.368. The zero-order valence-corrected chi connectivity index (χ0v) is 15.5. The van der Waals surface area contributed by atoms with E-state index in [1.165, 1.54) is 4.70 Å². The van der Waals surface area contributed by atoms with E-state index >= 15 is 0 Å². The molecule has 2 aromatic heterocycles. The Morgan fingerprint density at radius 3 is 2.88 bits per heavy atom. The van der Waals surface area contributed by atoms with E-state index in [4.69, 9.17) is 4.98 Å². The Hall–Kier alpha value is -2.54. The molecule has 3 heterocycles. The number of aromatic nitrogens is 3. The molecule has 1 unspecified atom stereocenters. The van der Waals surface area contributed by atoms with Crippen LogP contribution in [0.4, 0.5) is 5.13 Å². The van der Waals surface area contributed by atoms with Gasteiger partial charge >= 0.3 is 0 Å². The molecule has 0 spiro atoms. The number of para-hydroxylation sites is 1. The van der Waals surface area contributed by atoms with Gasteiger partial charge in [0.2, 0.25) is 0 Å². The van der Waals surface area contributed by atoms with Gasteiger partial charge in [-0.15, -0.1) is 0 Å². The molecule has 1 fully saturated rings. The van der Waals surface area contributed by atoms with Gasteiger partial charge in [0.05, 0.1) is 15.8 Å². The van der Waals surface area contributed by atoms with Gasteiger partial charge in [0.15, 0.2) is 5.13 Å². The van der Waals surface area contributed by atoms with Crippen molar-refractivity contribution in [2.24, 2.45) is 0 Å². The summed E-state index contributed by atoms with van der Waals surface area (Å²) >= 11 is 1.71. The highest BCUT2D eigenvalue weighted by molar-refractivity contribution is 7.22. The van der Waals surface area contributed by atoms with Crippen molar-refractivity contribution in [3.63, 3.8) is 0 Å². The minimum atomic E-state index is -0.108. The van der Waals surface area contributed by atoms with Crippen LogP contribution in [-0.4, -0.2) is 40.0 Å². The van der Waals surface area contributed by atoms with Crippen LogP contribution in [-0.2, 0) is 6.42 Å². The molecular formula is C19H21N5OS. The molecule has 3 aromatic rings. The maximum absolute atomic E-state index is 12.5. The number of nitrogens with zero attached hydrogens (tertiary/aromatic N) is 4. The van der Waals surface area contributed by atoms with Crippen molar-refractivity contribution in [1.29, 1.82) is 0 Å². The van der Waals surface area contributed by atoms with Crippen LogP contribution in [0.15, 0.2) is 36.7 Å². The minimum absolute atomic E-state index is 0.106. The molecule has 1 N–H and O–H groups in total. The lowest BCUT2D eigenvalue weighted by atomic mass is 10.1. The fourth-order valence-corrected chi connectivity index (χ4v) is 4.19. The van der Waals surface area contributed by atoms with E-state index in [-0.39, 0.29) is 11.9 Å². The summed E-state index contributed by atoms with van der Waals surface area (Å²) in [6.45, 7) is 3.74. The summed E-state index contributed by atoms with van der Waals surface area (Å²) in [4.78, 5) is 27.9. The number of thiazole rings is 1. The third-order valence-corrected chi connectivity index (χ3v) is 5.69. The van der Waals surface area contributed by atoms with Crippen LogP contribution in [0.2, 0.25) is 0 Å². The van der Waals surface area contributed by atoms with Crippen LogP contribution >= 0.6 is 11.3 Å². The Morgan fingerprint density at radius 2 is 2.12 bits per heavy atom. The number of fused-ring (bicyclic) bond motifs is 1. The van der Waals surface area contributed by atoms with Crippen LogP contribution in [0.1, 0.15) is 35.9 Å². The molecule has 134 valence electrons. The lowest BCUT2D eigenvalue weighted by Crippen LogP contribution is -2.47. The molecule has 1 aliphatic heterocycles. The van der Waals surface area contributed by atoms with Gasteiger partial charge in [-0.2, -0.15) is 0 Å². The molecule has 0 aliphatic carbocycles. The van der Waals surface area contributed by atoms with Crippen LogP contribution in [0, 0.1) is 0 Å². The first kappa shape index (κ1) is 16.9. The number of rotatable bonds is 4. The number of benzene rings is 1. The van der Waals surface area contributed by atoms with E-state index in [1.807, 2.05) is 25.1 Å². The average molecular weight is 367 g/mol. The molecule has 6 nitrogen and oxygen atoms in total. The van der Waals surface area contributed by atoms with Gasteiger partial charge < -0.3 is 10.2 Å². The van der Waals surface area contributed by atoms with Crippen molar-refractivity contribution in [3.05, 3.63) is 48.0 Å². The van der Waals surface area contributed by atoms with Crippen molar-refractivity contribution >= 4 is 32.6 Å². The van der Waals surface area contributed by atoms with Crippen LogP contribution in [0.5, 0.6) is 0 Å². The largest absolute Gasteiger partial charge is 0.347 e. The molecule has 0 bridgehead atoms. The molecule has 0 radical (unpaired) electrons. The summed E-state index contributed by atoms with van der Waals surface area (Å²) in [5.74, 6) is 0.644. The van der Waals surface area contributed by atoms with Gasteiger partial charge in [-0.05, 0) is 25.0 Å². The van der Waals surface area contributed by atoms with E-state index in [0.29, 0.717) is 5.56 Å². The molecule has 26 heavy (non-hydrogen) atoms. The Labute approximate surface area is 156 Å². The highest BCUT2D eigenvalue weighted by atomic mass is 32.1. The Balaban J connectivity index is 1.43. The van der Waals surface area contributed by atoms with Crippen molar-refractivity contribution in [3.8, 4) is 0 Å². The molecule has 1 aromatic carbocycles. The quantitative estimate of drug-likeness (QED) is 0.767. The third kappa shape index (κ3) is 3.53. The van der Waals surface area contributed by atoms with Crippen molar-refractivity contribution in [2.45, 2.75) is 32.2 Å². The molecule has 1 amide bonds. The van der Waals surface area contributed by atoms with Crippen molar-refractivity contribution in [1.82, 2.24) is 20.3 Å². The number of hydrogen-bond acceptors (Lipinski definition) is 6. The molecule has 4 rings (SSSR count). The first-order valence-corrected chi connectivity index (χ1v) is 9.77. The van der Waals surface area contributed by atoms with Gasteiger partial charge in [-0.25, -0.2) is 15.0 Å². The number of anilines is 1. The number of hydrogen-bond donors (Lipinski definition) is 1. The molecular weight excluding hydrogens is 346 g/mol. The van der Waals surface area contributed by atoms with Gasteiger partial charge in [0, 0.05) is 37.9 Å². The minimum Gasteiger partial charge on any atom is -0.347 e.